The highest BCUT2D eigenvalue weighted by Crippen LogP contribution is 2.58. The van der Waals surface area contributed by atoms with Crippen LogP contribution in [-0.4, -0.2) is 33.5 Å². The lowest BCUT2D eigenvalue weighted by atomic mass is 9.49. The number of rotatable bonds is 7. The first kappa shape index (κ1) is 20.3. The Balaban J connectivity index is 1.29. The molecular weight excluding hydrogens is 408 g/mol. The van der Waals surface area contributed by atoms with Crippen LogP contribution in [-0.2, 0) is 11.3 Å². The maximum absolute atomic E-state index is 12.5. The molecule has 31 heavy (non-hydrogen) atoms. The molecule has 4 bridgehead atoms. The van der Waals surface area contributed by atoms with E-state index in [2.05, 4.69) is 31.7 Å². The van der Waals surface area contributed by atoms with Crippen LogP contribution in [0.1, 0.15) is 43.2 Å². The molecule has 0 spiro atoms. The summed E-state index contributed by atoms with van der Waals surface area (Å²) in [7, 11) is 0. The number of carbonyl (C=O) groups is 1. The van der Waals surface area contributed by atoms with Crippen molar-refractivity contribution in [3.8, 4) is 6.07 Å². The zero-order valence-electron chi connectivity index (χ0n) is 17.6. The molecule has 0 amide bonds. The van der Waals surface area contributed by atoms with Gasteiger partial charge in [-0.3, -0.25) is 4.79 Å². The molecule has 4 atom stereocenters. The molecule has 7 nitrogen and oxygen atoms in total. The lowest BCUT2D eigenvalue weighted by molar-refractivity contribution is -0.146. The summed E-state index contributed by atoms with van der Waals surface area (Å²) in [6.45, 7) is 1.32. The van der Waals surface area contributed by atoms with Crippen molar-refractivity contribution in [3.63, 3.8) is 0 Å². The zero-order chi connectivity index (χ0) is 21.4. The van der Waals surface area contributed by atoms with Crippen molar-refractivity contribution in [2.24, 2.45) is 23.2 Å². The molecule has 1 unspecified atom stereocenters. The number of nitriles is 1. The van der Waals surface area contributed by atoms with Crippen molar-refractivity contribution < 1.29 is 4.79 Å². The third-order valence-electron chi connectivity index (χ3n) is 7.14. The smallest absolute Gasteiger partial charge is 0.224 e. The number of aromatic nitrogens is 3. The Kier molecular flexibility index (Phi) is 5.30. The first-order chi connectivity index (χ1) is 15.1. The van der Waals surface area contributed by atoms with Crippen LogP contribution in [0.5, 0.6) is 0 Å². The molecule has 0 aromatic carbocycles. The molecule has 160 valence electrons. The number of hydrogen-bond donors (Lipinski definition) is 2. The van der Waals surface area contributed by atoms with Crippen molar-refractivity contribution in [1.82, 2.24) is 15.0 Å². The highest BCUT2D eigenvalue weighted by atomic mass is 32.2. The van der Waals surface area contributed by atoms with E-state index in [1.165, 1.54) is 6.42 Å². The van der Waals surface area contributed by atoms with Gasteiger partial charge in [-0.15, -0.1) is 11.8 Å². The van der Waals surface area contributed by atoms with Crippen molar-refractivity contribution in [3.05, 3.63) is 35.7 Å². The van der Waals surface area contributed by atoms with E-state index in [1.54, 1.807) is 24.2 Å². The molecule has 4 aliphatic carbocycles. The average molecular weight is 435 g/mol. The second-order valence-electron chi connectivity index (χ2n) is 9.19. The van der Waals surface area contributed by atoms with Crippen LogP contribution in [0.25, 0.3) is 0 Å². The van der Waals surface area contributed by atoms with Crippen molar-refractivity contribution in [2.45, 2.75) is 43.7 Å². The van der Waals surface area contributed by atoms with Gasteiger partial charge in [0.1, 0.15) is 28.3 Å². The van der Waals surface area contributed by atoms with Gasteiger partial charge in [0.2, 0.25) is 5.95 Å². The minimum absolute atomic E-state index is 0.151. The fourth-order valence-electron chi connectivity index (χ4n) is 6.00. The number of nitrogens with zero attached hydrogens (tertiary/aromatic N) is 4. The van der Waals surface area contributed by atoms with E-state index < -0.39 is 0 Å². The van der Waals surface area contributed by atoms with Gasteiger partial charge in [0, 0.05) is 36.7 Å². The lowest BCUT2D eigenvalue weighted by Gasteiger charge is -2.55. The van der Waals surface area contributed by atoms with E-state index in [0.717, 1.165) is 42.8 Å². The normalized spacial score (nSPS) is 28.4. The van der Waals surface area contributed by atoms with Gasteiger partial charge in [-0.1, -0.05) is 6.07 Å². The topological polar surface area (TPSA) is 104 Å². The third-order valence-corrected chi connectivity index (χ3v) is 7.90. The molecule has 6 rings (SSSR count). The molecular formula is C23H26N6OS. The lowest BCUT2D eigenvalue weighted by Crippen LogP contribution is -2.53. The van der Waals surface area contributed by atoms with E-state index in [1.807, 2.05) is 18.4 Å². The molecule has 2 N–H and O–H groups in total. The fourth-order valence-corrected chi connectivity index (χ4v) is 6.57. The van der Waals surface area contributed by atoms with Gasteiger partial charge in [0.05, 0.1) is 6.20 Å². The molecule has 4 saturated carbocycles. The second-order valence-corrected chi connectivity index (χ2v) is 9.99. The Morgan fingerprint density at radius 1 is 1.23 bits per heavy atom. The first-order valence-electron chi connectivity index (χ1n) is 10.9. The number of nitrogens with one attached hydrogen (secondary N) is 2. The summed E-state index contributed by atoms with van der Waals surface area (Å²) in [5.74, 6) is 2.72. The maximum atomic E-state index is 12.5. The van der Waals surface area contributed by atoms with Gasteiger partial charge in [-0.05, 0) is 55.8 Å². The van der Waals surface area contributed by atoms with Crippen molar-refractivity contribution in [1.29, 1.82) is 5.26 Å². The van der Waals surface area contributed by atoms with Crippen LogP contribution < -0.4 is 10.6 Å². The molecule has 0 aliphatic heterocycles. The Hall–Kier alpha value is -2.66. The van der Waals surface area contributed by atoms with E-state index in [9.17, 15) is 10.1 Å². The highest BCUT2D eigenvalue weighted by molar-refractivity contribution is 7.98. The standard InChI is InChI=1S/C23H26N6OS/c1-31-21-15(3-2-4-25-21)11-26-22-27-12-18(10-24)20(29-22)28-13-23-7-14-5-16(8-23)19(30)17(6-14)9-23/h2-4,12,14,16-17H,5-9,11,13H2,1H3,(H2,26,27,28,29)/t14?,16-,17+,23-. The van der Waals surface area contributed by atoms with E-state index in [-0.39, 0.29) is 17.3 Å². The van der Waals surface area contributed by atoms with Crippen LogP contribution in [0.15, 0.2) is 29.6 Å². The van der Waals surface area contributed by atoms with E-state index in [4.69, 9.17) is 0 Å². The monoisotopic (exact) mass is 434 g/mol. The Morgan fingerprint density at radius 3 is 2.77 bits per heavy atom. The number of pyridine rings is 1. The Morgan fingerprint density at radius 2 is 2.03 bits per heavy atom. The average Bonchev–Trinajstić information content (AvgIpc) is 2.79. The predicted molar refractivity (Wildman–Crippen MR) is 120 cm³/mol. The Bertz CT molecular complexity index is 1030. The van der Waals surface area contributed by atoms with Crippen LogP contribution in [0.4, 0.5) is 11.8 Å². The number of hydrogen-bond acceptors (Lipinski definition) is 8. The summed E-state index contributed by atoms with van der Waals surface area (Å²) < 4.78 is 0. The summed E-state index contributed by atoms with van der Waals surface area (Å²) in [4.78, 5) is 25.8. The van der Waals surface area contributed by atoms with Crippen molar-refractivity contribution >= 4 is 29.3 Å². The summed E-state index contributed by atoms with van der Waals surface area (Å²) in [6, 6.07) is 6.14. The van der Waals surface area contributed by atoms with Gasteiger partial charge >= 0.3 is 0 Å². The Labute approximate surface area is 186 Å². The summed E-state index contributed by atoms with van der Waals surface area (Å²) in [6.07, 6.45) is 10.6. The number of Topliss-reactive ketones (excluding diaryl/α,β-unsaturated/α-hetero) is 1. The van der Waals surface area contributed by atoms with Crippen LogP contribution in [0.3, 0.4) is 0 Å². The molecule has 2 aromatic rings. The number of ketones is 1. The van der Waals surface area contributed by atoms with Gasteiger partial charge in [-0.2, -0.15) is 10.2 Å². The molecule has 8 heteroatoms. The first-order valence-corrected chi connectivity index (χ1v) is 12.1. The fraction of sp³-hybridized carbons (Fsp3) is 0.522. The summed E-state index contributed by atoms with van der Waals surface area (Å²) >= 11 is 1.60. The molecule has 4 aliphatic rings. The van der Waals surface area contributed by atoms with Gasteiger partial charge < -0.3 is 10.6 Å². The van der Waals surface area contributed by atoms with Crippen LogP contribution >= 0.6 is 11.8 Å². The van der Waals surface area contributed by atoms with Gasteiger partial charge in [0.25, 0.3) is 0 Å². The van der Waals surface area contributed by atoms with Crippen molar-refractivity contribution in [2.75, 3.05) is 23.4 Å². The molecule has 0 radical (unpaired) electrons. The van der Waals surface area contributed by atoms with E-state index in [0.29, 0.717) is 35.6 Å². The minimum atomic E-state index is 0.151. The minimum Gasteiger partial charge on any atom is -0.368 e. The molecule has 2 heterocycles. The third kappa shape index (κ3) is 3.87. The van der Waals surface area contributed by atoms with Crippen LogP contribution in [0, 0.1) is 34.5 Å². The number of carbonyl (C=O) groups excluding carboxylic acids is 1. The number of thioether (sulfide) groups is 1. The quantitative estimate of drug-likeness (QED) is 0.633. The van der Waals surface area contributed by atoms with Gasteiger partial charge in [0.15, 0.2) is 0 Å². The molecule has 2 aromatic heterocycles. The maximum Gasteiger partial charge on any atom is 0.224 e. The van der Waals surface area contributed by atoms with Gasteiger partial charge in [-0.25, -0.2) is 9.97 Å². The molecule has 0 saturated heterocycles. The SMILES string of the molecule is CSc1ncccc1CNc1ncc(C#N)c(NC[C@]23CC4C[C@H](C2)C(=O)[C@@H](C4)C3)n1. The largest absolute Gasteiger partial charge is 0.368 e. The van der Waals surface area contributed by atoms with E-state index >= 15 is 0 Å². The zero-order valence-corrected chi connectivity index (χ0v) is 18.4. The highest BCUT2D eigenvalue weighted by Gasteiger charge is 2.54. The molecule has 4 fully saturated rings. The summed E-state index contributed by atoms with van der Waals surface area (Å²) in [5.41, 5.74) is 1.67. The number of anilines is 2. The predicted octanol–water partition coefficient (Wildman–Crippen LogP) is 3.88. The summed E-state index contributed by atoms with van der Waals surface area (Å²) in [5, 5.41) is 17.2. The van der Waals surface area contributed by atoms with Crippen LogP contribution in [0.2, 0.25) is 0 Å². The second kappa shape index (κ2) is 8.12.